The summed E-state index contributed by atoms with van der Waals surface area (Å²) in [6, 6.07) is 0. The molecule has 0 bridgehead atoms. The Morgan fingerprint density at radius 1 is 1.41 bits per heavy atom. The van der Waals surface area contributed by atoms with Crippen LogP contribution in [0.3, 0.4) is 0 Å². The van der Waals surface area contributed by atoms with Crippen LogP contribution in [-0.4, -0.2) is 74.4 Å². The fourth-order valence-electron chi connectivity index (χ4n) is 5.45. The van der Waals surface area contributed by atoms with Crippen molar-refractivity contribution in [2.75, 3.05) is 5.88 Å². The van der Waals surface area contributed by atoms with Gasteiger partial charge >= 0.3 is 11.9 Å². The molecule has 29 heavy (non-hydrogen) atoms. The molecule has 0 spiro atoms. The Morgan fingerprint density at radius 3 is 2.66 bits per heavy atom. The zero-order valence-electron chi connectivity index (χ0n) is 16.4. The lowest BCUT2D eigenvalue weighted by atomic mass is 9.70. The van der Waals surface area contributed by atoms with Gasteiger partial charge in [-0.2, -0.15) is 0 Å². The maximum absolute atomic E-state index is 12.5. The molecule has 0 amide bonds. The van der Waals surface area contributed by atoms with E-state index in [-0.39, 0.29) is 17.9 Å². The number of hydrogen-bond donors (Lipinski definition) is 3. The van der Waals surface area contributed by atoms with Gasteiger partial charge in [-0.3, -0.25) is 0 Å². The molecule has 2 heterocycles. The first-order valence-electron chi connectivity index (χ1n) is 9.56. The van der Waals surface area contributed by atoms with Crippen LogP contribution in [0.15, 0.2) is 23.8 Å². The molecule has 2 aliphatic carbocycles. The quantitative estimate of drug-likeness (QED) is 0.252. The maximum Gasteiger partial charge on any atom is 0.334 e. The average Bonchev–Trinajstić information content (AvgIpc) is 3.26. The molecule has 9 heteroatoms. The van der Waals surface area contributed by atoms with Gasteiger partial charge in [0.1, 0.15) is 29.5 Å². The van der Waals surface area contributed by atoms with Crippen LogP contribution in [0.25, 0.3) is 0 Å². The molecule has 0 aromatic heterocycles. The fraction of sp³-hybridized carbons (Fsp3) is 0.700. The van der Waals surface area contributed by atoms with Crippen molar-refractivity contribution in [1.29, 1.82) is 0 Å². The lowest BCUT2D eigenvalue weighted by Gasteiger charge is -2.45. The third-order valence-corrected chi connectivity index (χ3v) is 7.68. The second-order valence-corrected chi connectivity index (χ2v) is 8.94. The molecule has 0 aromatic rings. The Labute approximate surface area is 173 Å². The number of hydrogen-bond acceptors (Lipinski definition) is 8. The van der Waals surface area contributed by atoms with Gasteiger partial charge in [-0.1, -0.05) is 12.7 Å². The zero-order valence-corrected chi connectivity index (χ0v) is 17.2. The normalized spacial score (nSPS) is 50.9. The smallest absolute Gasteiger partial charge is 0.334 e. The third kappa shape index (κ3) is 2.47. The summed E-state index contributed by atoms with van der Waals surface area (Å²) in [4.78, 5) is 24.8. The van der Waals surface area contributed by atoms with E-state index in [1.54, 1.807) is 26.8 Å². The van der Waals surface area contributed by atoms with E-state index in [0.717, 1.165) is 0 Å². The molecular weight excluding hydrogens is 404 g/mol. The zero-order chi connectivity index (χ0) is 21.5. The van der Waals surface area contributed by atoms with E-state index in [4.69, 9.17) is 25.8 Å². The molecule has 0 aromatic carbocycles. The van der Waals surface area contributed by atoms with Gasteiger partial charge in [0, 0.05) is 17.6 Å². The van der Waals surface area contributed by atoms with E-state index in [1.807, 2.05) is 0 Å². The first-order valence-corrected chi connectivity index (χ1v) is 10.1. The van der Waals surface area contributed by atoms with Crippen molar-refractivity contribution in [2.45, 2.75) is 68.4 Å². The molecule has 4 fully saturated rings. The number of epoxide rings is 1. The Bertz CT molecular complexity index is 825. The second-order valence-electron chi connectivity index (χ2n) is 8.67. The molecule has 160 valence electrons. The number of alkyl halides is 1. The minimum Gasteiger partial charge on any atom is -0.458 e. The van der Waals surface area contributed by atoms with Gasteiger partial charge in [0.05, 0.1) is 29.4 Å². The number of halogens is 1. The summed E-state index contributed by atoms with van der Waals surface area (Å²) >= 11 is 6.11. The minimum atomic E-state index is -1.95. The number of aliphatic hydroxyl groups excluding tert-OH is 1. The number of ether oxygens (including phenoxy) is 3. The predicted molar refractivity (Wildman–Crippen MR) is 99.8 cm³/mol. The van der Waals surface area contributed by atoms with Crippen molar-refractivity contribution in [1.82, 2.24) is 0 Å². The number of aliphatic hydroxyl groups is 3. The summed E-state index contributed by atoms with van der Waals surface area (Å²) < 4.78 is 16.7. The SMILES string of the molecule is C=C1C(=O)O[C@H]2[C@H]1[C@H](OC(=O)C(C)=CC)C[C@](O)(CCl)[C@@H]1[C@H](O)[C@H]3O[C@@]3(C)[C@]21O. The molecule has 4 rings (SSSR count). The van der Waals surface area contributed by atoms with Gasteiger partial charge in [-0.05, 0) is 20.8 Å². The summed E-state index contributed by atoms with van der Waals surface area (Å²) in [6.45, 7) is 8.62. The largest absolute Gasteiger partial charge is 0.458 e. The van der Waals surface area contributed by atoms with Crippen molar-refractivity contribution in [3.8, 4) is 0 Å². The summed E-state index contributed by atoms with van der Waals surface area (Å²) in [5, 5.41) is 34.1. The number of rotatable bonds is 3. The van der Waals surface area contributed by atoms with Crippen LogP contribution in [0.2, 0.25) is 0 Å². The third-order valence-electron chi connectivity index (χ3n) is 7.22. The van der Waals surface area contributed by atoms with Gasteiger partial charge < -0.3 is 29.5 Å². The van der Waals surface area contributed by atoms with Crippen LogP contribution in [0.5, 0.6) is 0 Å². The molecule has 2 saturated carbocycles. The lowest BCUT2D eigenvalue weighted by molar-refractivity contribution is -0.216. The number of carbonyl (C=O) groups excluding carboxylic acids is 2. The molecule has 0 unspecified atom stereocenters. The number of esters is 2. The van der Waals surface area contributed by atoms with Crippen LogP contribution in [0, 0.1) is 11.8 Å². The Hall–Kier alpha value is -1.45. The summed E-state index contributed by atoms with van der Waals surface area (Å²) in [7, 11) is 0. The molecule has 9 atom stereocenters. The maximum atomic E-state index is 12.5. The molecule has 0 radical (unpaired) electrons. The molecular formula is C20H25ClO8. The second kappa shape index (κ2) is 6.28. The van der Waals surface area contributed by atoms with Crippen molar-refractivity contribution < 1.29 is 39.1 Å². The van der Waals surface area contributed by atoms with Crippen molar-refractivity contribution >= 4 is 23.5 Å². The summed E-state index contributed by atoms with van der Waals surface area (Å²) in [5.74, 6) is -3.79. The summed E-state index contributed by atoms with van der Waals surface area (Å²) in [5.41, 5.74) is -4.63. The highest BCUT2D eigenvalue weighted by molar-refractivity contribution is 6.18. The highest BCUT2D eigenvalue weighted by atomic mass is 35.5. The first kappa shape index (κ1) is 20.8. The van der Waals surface area contributed by atoms with Crippen LogP contribution >= 0.6 is 11.6 Å². The Morgan fingerprint density at radius 2 is 2.07 bits per heavy atom. The predicted octanol–water partition coefficient (Wildman–Crippen LogP) is 0.215. The van der Waals surface area contributed by atoms with E-state index in [1.165, 1.54) is 0 Å². The minimum absolute atomic E-state index is 0.0270. The van der Waals surface area contributed by atoms with E-state index in [9.17, 15) is 24.9 Å². The molecule has 2 aliphatic heterocycles. The van der Waals surface area contributed by atoms with Crippen LogP contribution in [-0.2, 0) is 23.8 Å². The molecule has 4 aliphatic rings. The van der Waals surface area contributed by atoms with Gasteiger partial charge in [-0.25, -0.2) is 9.59 Å². The monoisotopic (exact) mass is 428 g/mol. The highest BCUT2D eigenvalue weighted by Crippen LogP contribution is 2.66. The molecule has 8 nitrogen and oxygen atoms in total. The van der Waals surface area contributed by atoms with E-state index >= 15 is 0 Å². The molecule has 2 saturated heterocycles. The number of fused-ring (bicyclic) bond motifs is 5. The number of carbonyl (C=O) groups is 2. The van der Waals surface area contributed by atoms with Crippen LogP contribution < -0.4 is 0 Å². The fourth-order valence-corrected chi connectivity index (χ4v) is 5.72. The van der Waals surface area contributed by atoms with Gasteiger partial charge in [-0.15, -0.1) is 11.6 Å². The topological polar surface area (TPSA) is 126 Å². The van der Waals surface area contributed by atoms with Crippen molar-refractivity contribution in [3.63, 3.8) is 0 Å². The van der Waals surface area contributed by atoms with E-state index < -0.39 is 65.0 Å². The lowest BCUT2D eigenvalue weighted by Crippen LogP contribution is -2.64. The highest BCUT2D eigenvalue weighted by Gasteiger charge is 2.86. The van der Waals surface area contributed by atoms with E-state index in [0.29, 0.717) is 5.57 Å². The first-order chi connectivity index (χ1) is 13.5. The number of allylic oxidation sites excluding steroid dienone is 1. The Kier molecular flexibility index (Phi) is 4.50. The van der Waals surface area contributed by atoms with Gasteiger partial charge in [0.15, 0.2) is 0 Å². The van der Waals surface area contributed by atoms with E-state index in [2.05, 4.69) is 6.58 Å². The molecule has 3 N–H and O–H groups in total. The summed E-state index contributed by atoms with van der Waals surface area (Å²) in [6.07, 6.45) is -2.87. The van der Waals surface area contributed by atoms with Crippen LogP contribution in [0.1, 0.15) is 27.2 Å². The van der Waals surface area contributed by atoms with Gasteiger partial charge in [0.25, 0.3) is 0 Å². The average molecular weight is 429 g/mol. The standard InChI is InChI=1S/C20H25ClO8/c1-5-8(2)16(23)27-10-6-19(25,7-21)13-12(22)15-18(4,29-15)20(13,26)14-11(10)9(3)17(24)28-14/h5,10-15,22,25-26H,3,6-7H2,1-2,4H3/t10-,11-,12+,13+,14+,15-,18-,19+,20-/m1/s1. The van der Waals surface area contributed by atoms with Crippen molar-refractivity contribution in [3.05, 3.63) is 23.8 Å². The van der Waals surface area contributed by atoms with Crippen LogP contribution in [0.4, 0.5) is 0 Å². The van der Waals surface area contributed by atoms with Crippen molar-refractivity contribution in [2.24, 2.45) is 11.8 Å². The Balaban J connectivity index is 1.84. The van der Waals surface area contributed by atoms with Gasteiger partial charge in [0.2, 0.25) is 0 Å².